The summed E-state index contributed by atoms with van der Waals surface area (Å²) in [5.41, 5.74) is -0.425. The molecule has 0 fully saturated rings. The molecular weight excluding hydrogens is 214 g/mol. The van der Waals surface area contributed by atoms with Gasteiger partial charge in [-0.05, 0) is 17.7 Å². The number of alkyl halides is 3. The van der Waals surface area contributed by atoms with E-state index in [1.807, 2.05) is 0 Å². The van der Waals surface area contributed by atoms with Gasteiger partial charge >= 0.3 is 6.18 Å². The summed E-state index contributed by atoms with van der Waals surface area (Å²) in [6, 6.07) is 1.48. The van der Waals surface area contributed by atoms with Crippen molar-refractivity contribution >= 4 is 6.08 Å². The quantitative estimate of drug-likeness (QED) is 0.427. The Labute approximate surface area is 82.2 Å². The van der Waals surface area contributed by atoms with Crippen LogP contribution in [0.25, 0.3) is 0 Å². The highest BCUT2D eigenvalue weighted by Crippen LogP contribution is 2.35. The molecule has 0 aliphatic carbocycles. The van der Waals surface area contributed by atoms with Crippen LogP contribution in [0.3, 0.4) is 0 Å². The Morgan fingerprint density at radius 1 is 1.33 bits per heavy atom. The van der Waals surface area contributed by atoms with Crippen LogP contribution >= 0.6 is 0 Å². The number of carbonyl (C=O) groups excluding carboxylic acids is 1. The van der Waals surface area contributed by atoms with Crippen LogP contribution in [-0.4, -0.2) is 12.3 Å². The van der Waals surface area contributed by atoms with Gasteiger partial charge in [-0.2, -0.15) is 18.2 Å². The summed E-state index contributed by atoms with van der Waals surface area (Å²) < 4.78 is 49.6. The minimum Gasteiger partial charge on any atom is -0.211 e. The van der Waals surface area contributed by atoms with E-state index < -0.39 is 23.6 Å². The zero-order valence-corrected chi connectivity index (χ0v) is 7.25. The summed E-state index contributed by atoms with van der Waals surface area (Å²) in [6.07, 6.45) is -3.91. The molecule has 0 saturated carbocycles. The lowest BCUT2D eigenvalue weighted by molar-refractivity contribution is -0.148. The molecule has 15 heavy (non-hydrogen) atoms. The first-order valence-electron chi connectivity index (χ1n) is 3.84. The summed E-state index contributed by atoms with van der Waals surface area (Å²) in [6.45, 7) is 0. The third-order valence-electron chi connectivity index (χ3n) is 1.66. The molecule has 1 aromatic rings. The summed E-state index contributed by atoms with van der Waals surface area (Å²) >= 11 is 0. The summed E-state index contributed by atoms with van der Waals surface area (Å²) in [7, 11) is 0. The third-order valence-corrected chi connectivity index (χ3v) is 1.66. The van der Waals surface area contributed by atoms with Crippen molar-refractivity contribution < 1.29 is 22.4 Å². The molecule has 1 aromatic carbocycles. The molecule has 6 heteroatoms. The second kappa shape index (κ2) is 4.23. The van der Waals surface area contributed by atoms with Crippen molar-refractivity contribution in [2.45, 2.75) is 12.2 Å². The highest BCUT2D eigenvalue weighted by molar-refractivity contribution is 5.36. The van der Waals surface area contributed by atoms with Gasteiger partial charge in [0.1, 0.15) is 5.82 Å². The van der Waals surface area contributed by atoms with Gasteiger partial charge in [-0.3, -0.25) is 0 Å². The lowest BCUT2D eigenvalue weighted by Crippen LogP contribution is -2.19. The number of isocyanates is 1. The number of hydrogen-bond donors (Lipinski definition) is 0. The van der Waals surface area contributed by atoms with E-state index >= 15 is 0 Å². The zero-order valence-electron chi connectivity index (χ0n) is 7.25. The molecule has 0 aliphatic heterocycles. The number of hydrogen-bond acceptors (Lipinski definition) is 2. The van der Waals surface area contributed by atoms with Crippen LogP contribution in [0.2, 0.25) is 0 Å². The van der Waals surface area contributed by atoms with E-state index in [2.05, 4.69) is 4.99 Å². The fourth-order valence-electron chi connectivity index (χ4n) is 1.07. The second-order valence-corrected chi connectivity index (χ2v) is 2.72. The standard InChI is InChI=1S/C9H5F4NO/c10-7-3-1-2-6(4-7)8(14-5-15)9(11,12)13/h1-4,8H. The highest BCUT2D eigenvalue weighted by atomic mass is 19.4. The van der Waals surface area contributed by atoms with Crippen LogP contribution in [0.1, 0.15) is 11.6 Å². The monoisotopic (exact) mass is 219 g/mol. The molecule has 1 atom stereocenters. The van der Waals surface area contributed by atoms with Gasteiger partial charge in [0, 0.05) is 0 Å². The summed E-state index contributed by atoms with van der Waals surface area (Å²) in [4.78, 5) is 12.4. The van der Waals surface area contributed by atoms with Crippen molar-refractivity contribution in [2.24, 2.45) is 4.99 Å². The van der Waals surface area contributed by atoms with Gasteiger partial charge in [-0.25, -0.2) is 9.18 Å². The fourth-order valence-corrected chi connectivity index (χ4v) is 1.07. The Morgan fingerprint density at radius 3 is 2.47 bits per heavy atom. The maximum atomic E-state index is 12.6. The summed E-state index contributed by atoms with van der Waals surface area (Å²) in [5, 5.41) is 0. The molecule has 0 saturated heterocycles. The maximum Gasteiger partial charge on any atom is 0.415 e. The molecule has 0 aliphatic rings. The lowest BCUT2D eigenvalue weighted by Gasteiger charge is -2.14. The Bertz CT molecular complexity index is 395. The predicted molar refractivity (Wildman–Crippen MR) is 43.3 cm³/mol. The van der Waals surface area contributed by atoms with Crippen molar-refractivity contribution in [2.75, 3.05) is 0 Å². The molecule has 0 radical (unpaired) electrons. The van der Waals surface area contributed by atoms with Gasteiger partial charge in [0.2, 0.25) is 6.08 Å². The Kier molecular flexibility index (Phi) is 3.21. The molecule has 0 heterocycles. The van der Waals surface area contributed by atoms with E-state index in [9.17, 15) is 22.4 Å². The minimum atomic E-state index is -4.73. The first-order chi connectivity index (χ1) is 6.95. The first-order valence-corrected chi connectivity index (χ1v) is 3.84. The van der Waals surface area contributed by atoms with Crippen LogP contribution < -0.4 is 0 Å². The highest BCUT2D eigenvalue weighted by Gasteiger charge is 2.41. The van der Waals surface area contributed by atoms with Crippen molar-refractivity contribution in [1.82, 2.24) is 0 Å². The van der Waals surface area contributed by atoms with E-state index in [0.717, 1.165) is 24.3 Å². The van der Waals surface area contributed by atoms with Crippen molar-refractivity contribution in [3.05, 3.63) is 35.6 Å². The molecule has 0 bridgehead atoms. The molecule has 0 aromatic heterocycles. The lowest BCUT2D eigenvalue weighted by atomic mass is 10.1. The van der Waals surface area contributed by atoms with Gasteiger partial charge in [-0.1, -0.05) is 12.1 Å². The second-order valence-electron chi connectivity index (χ2n) is 2.72. The van der Waals surface area contributed by atoms with Gasteiger partial charge in [-0.15, -0.1) is 0 Å². The van der Waals surface area contributed by atoms with E-state index in [-0.39, 0.29) is 0 Å². The molecule has 80 valence electrons. The largest absolute Gasteiger partial charge is 0.415 e. The van der Waals surface area contributed by atoms with Crippen molar-refractivity contribution in [1.29, 1.82) is 0 Å². The fraction of sp³-hybridized carbons (Fsp3) is 0.222. The normalized spacial score (nSPS) is 13.1. The van der Waals surface area contributed by atoms with Gasteiger partial charge in [0.05, 0.1) is 0 Å². The first kappa shape index (κ1) is 11.4. The average molecular weight is 219 g/mol. The van der Waals surface area contributed by atoms with Crippen LogP contribution in [0.4, 0.5) is 17.6 Å². The summed E-state index contributed by atoms with van der Waals surface area (Å²) in [5.74, 6) is -0.817. The number of halogens is 4. The van der Waals surface area contributed by atoms with E-state index in [1.165, 1.54) is 0 Å². The maximum absolute atomic E-state index is 12.6. The van der Waals surface area contributed by atoms with Gasteiger partial charge < -0.3 is 0 Å². The smallest absolute Gasteiger partial charge is 0.211 e. The third kappa shape index (κ3) is 2.89. The number of aliphatic imine (C=N–C) groups is 1. The number of nitrogens with zero attached hydrogens (tertiary/aromatic N) is 1. The number of benzene rings is 1. The molecule has 0 amide bonds. The van der Waals surface area contributed by atoms with Gasteiger partial charge in [0.15, 0.2) is 6.04 Å². The van der Waals surface area contributed by atoms with Gasteiger partial charge in [0.25, 0.3) is 0 Å². The zero-order chi connectivity index (χ0) is 11.5. The Hall–Kier alpha value is -1.68. The van der Waals surface area contributed by atoms with Crippen LogP contribution in [0, 0.1) is 5.82 Å². The topological polar surface area (TPSA) is 29.4 Å². The van der Waals surface area contributed by atoms with Crippen LogP contribution in [0.15, 0.2) is 29.3 Å². The Morgan fingerprint density at radius 2 is 2.00 bits per heavy atom. The van der Waals surface area contributed by atoms with E-state index in [4.69, 9.17) is 0 Å². The molecule has 1 rings (SSSR count). The average Bonchev–Trinajstić information content (AvgIpc) is 2.12. The SMILES string of the molecule is O=C=NC(c1cccc(F)c1)C(F)(F)F. The molecule has 0 spiro atoms. The van der Waals surface area contributed by atoms with Crippen LogP contribution in [0.5, 0.6) is 0 Å². The Balaban J connectivity index is 3.16. The molecule has 1 unspecified atom stereocenters. The van der Waals surface area contributed by atoms with E-state index in [1.54, 1.807) is 0 Å². The van der Waals surface area contributed by atoms with Crippen molar-refractivity contribution in [3.8, 4) is 0 Å². The minimum absolute atomic E-state index is 0.425. The molecular formula is C9H5F4NO. The number of rotatable bonds is 2. The molecule has 0 N–H and O–H groups in total. The van der Waals surface area contributed by atoms with Crippen molar-refractivity contribution in [3.63, 3.8) is 0 Å². The molecule has 2 nitrogen and oxygen atoms in total. The van der Waals surface area contributed by atoms with Crippen LogP contribution in [-0.2, 0) is 4.79 Å². The van der Waals surface area contributed by atoms with E-state index in [0.29, 0.717) is 6.07 Å². The predicted octanol–water partition coefficient (Wildman–Crippen LogP) is 2.76.